The number of para-hydroxylation sites is 1. The van der Waals surface area contributed by atoms with Crippen molar-refractivity contribution in [2.45, 2.75) is 77.6 Å². The predicted molar refractivity (Wildman–Crippen MR) is 180 cm³/mol. The van der Waals surface area contributed by atoms with E-state index in [0.29, 0.717) is 31.7 Å². The third-order valence-corrected chi connectivity index (χ3v) is 8.41. The Labute approximate surface area is 272 Å². The van der Waals surface area contributed by atoms with Gasteiger partial charge in [-0.25, -0.2) is 4.79 Å². The third kappa shape index (κ3) is 9.81. The molecule has 4 N–H and O–H groups in total. The Hall–Kier alpha value is -4.37. The van der Waals surface area contributed by atoms with Gasteiger partial charge in [0.25, 0.3) is 5.91 Å². The van der Waals surface area contributed by atoms with Crippen LogP contribution in [0.3, 0.4) is 0 Å². The van der Waals surface area contributed by atoms with Crippen molar-refractivity contribution >= 4 is 17.8 Å². The molecule has 1 aliphatic rings. The average Bonchev–Trinajstić information content (AvgIpc) is 3.02. The second-order valence-electron chi connectivity index (χ2n) is 12.5. The van der Waals surface area contributed by atoms with E-state index in [0.717, 1.165) is 28.7 Å². The molecule has 3 aromatic rings. The molecule has 0 unspecified atom stereocenters. The summed E-state index contributed by atoms with van der Waals surface area (Å²) in [6.07, 6.45) is 0.831. The zero-order valence-corrected chi connectivity index (χ0v) is 27.4. The van der Waals surface area contributed by atoms with Gasteiger partial charge < -0.3 is 30.7 Å². The molecule has 4 atom stereocenters. The average molecular weight is 629 g/mol. The number of amides is 4. The lowest BCUT2D eigenvalue weighted by molar-refractivity contribution is -0.128. The van der Waals surface area contributed by atoms with E-state index in [-0.39, 0.29) is 36.8 Å². The molecular weight excluding hydrogens is 580 g/mol. The molecule has 9 heteroatoms. The first kappa shape index (κ1) is 34.5. The highest BCUT2D eigenvalue weighted by atomic mass is 16.5. The number of hydrogen-bond donors (Lipinski definition) is 4. The molecule has 9 nitrogen and oxygen atoms in total. The summed E-state index contributed by atoms with van der Waals surface area (Å²) in [6, 6.07) is 23.3. The lowest BCUT2D eigenvalue weighted by atomic mass is 9.92. The molecule has 4 rings (SSSR count). The number of ether oxygens (including phenoxy) is 1. The van der Waals surface area contributed by atoms with E-state index in [1.54, 1.807) is 4.90 Å². The number of benzene rings is 3. The van der Waals surface area contributed by atoms with Gasteiger partial charge in [-0.15, -0.1) is 0 Å². The van der Waals surface area contributed by atoms with E-state index in [1.165, 1.54) is 0 Å². The lowest BCUT2D eigenvalue weighted by Crippen LogP contribution is -2.59. The molecule has 4 amide bonds. The van der Waals surface area contributed by atoms with Crippen molar-refractivity contribution in [3.8, 4) is 5.75 Å². The Morgan fingerprint density at radius 2 is 1.50 bits per heavy atom. The van der Waals surface area contributed by atoms with Crippen LogP contribution in [-0.2, 0) is 22.4 Å². The van der Waals surface area contributed by atoms with Crippen LogP contribution in [0.25, 0.3) is 0 Å². The van der Waals surface area contributed by atoms with E-state index in [9.17, 15) is 19.5 Å². The van der Waals surface area contributed by atoms with Crippen LogP contribution < -0.4 is 20.7 Å². The van der Waals surface area contributed by atoms with Crippen LogP contribution in [-0.4, -0.2) is 71.8 Å². The van der Waals surface area contributed by atoms with Gasteiger partial charge in [0, 0.05) is 19.1 Å². The van der Waals surface area contributed by atoms with Crippen molar-refractivity contribution in [2.24, 2.45) is 5.92 Å². The van der Waals surface area contributed by atoms with Crippen LogP contribution in [0, 0.1) is 19.8 Å². The van der Waals surface area contributed by atoms with Crippen LogP contribution >= 0.6 is 0 Å². The zero-order valence-electron chi connectivity index (χ0n) is 27.4. The topological polar surface area (TPSA) is 120 Å². The molecule has 1 fully saturated rings. The number of carbonyl (C=O) groups excluding carboxylic acids is 3. The van der Waals surface area contributed by atoms with E-state index in [2.05, 4.69) is 16.0 Å². The molecule has 1 saturated heterocycles. The van der Waals surface area contributed by atoms with Gasteiger partial charge in [-0.05, 0) is 67.7 Å². The summed E-state index contributed by atoms with van der Waals surface area (Å²) in [5.41, 5.74) is 3.84. The monoisotopic (exact) mass is 628 g/mol. The zero-order chi connectivity index (χ0) is 33.1. The van der Waals surface area contributed by atoms with Gasteiger partial charge in [0.1, 0.15) is 11.8 Å². The number of aryl methyl sites for hydroxylation is 2. The van der Waals surface area contributed by atoms with Crippen LogP contribution in [0.5, 0.6) is 5.75 Å². The minimum Gasteiger partial charge on any atom is -0.483 e. The maximum Gasteiger partial charge on any atom is 0.318 e. The van der Waals surface area contributed by atoms with Crippen LogP contribution in [0.15, 0.2) is 78.9 Å². The molecular formula is C37H48N4O5. The van der Waals surface area contributed by atoms with Crippen LogP contribution in [0.1, 0.15) is 48.9 Å². The van der Waals surface area contributed by atoms with Gasteiger partial charge >= 0.3 is 6.03 Å². The van der Waals surface area contributed by atoms with Gasteiger partial charge in [-0.1, -0.05) is 92.7 Å². The largest absolute Gasteiger partial charge is 0.483 e. The molecule has 0 spiro atoms. The molecule has 0 radical (unpaired) electrons. The number of carbonyl (C=O) groups is 3. The first-order valence-corrected chi connectivity index (χ1v) is 16.2. The summed E-state index contributed by atoms with van der Waals surface area (Å²) in [5.74, 6) is -0.0493. The SMILES string of the molecule is Cc1cccc(C)c1OCC(=O)N[C@H](Cc1ccccc1)[C@@H](O)C[C@@H](Cc1ccccc1)NC(=O)[C@@H](C(C)C)N1CCCNC1=O. The van der Waals surface area contributed by atoms with E-state index >= 15 is 0 Å². The molecule has 1 aliphatic heterocycles. The summed E-state index contributed by atoms with van der Waals surface area (Å²) in [6.45, 7) is 8.63. The highest BCUT2D eigenvalue weighted by molar-refractivity contribution is 5.87. The fourth-order valence-electron chi connectivity index (χ4n) is 6.12. The van der Waals surface area contributed by atoms with Gasteiger partial charge in [-0.3, -0.25) is 9.59 Å². The van der Waals surface area contributed by atoms with Crippen molar-refractivity contribution in [3.63, 3.8) is 0 Å². The summed E-state index contributed by atoms with van der Waals surface area (Å²) < 4.78 is 5.90. The number of nitrogens with zero attached hydrogens (tertiary/aromatic N) is 1. The Morgan fingerprint density at radius 3 is 2.09 bits per heavy atom. The molecule has 46 heavy (non-hydrogen) atoms. The summed E-state index contributed by atoms with van der Waals surface area (Å²) in [5, 5.41) is 20.7. The number of hydrogen-bond acceptors (Lipinski definition) is 5. The normalized spacial score (nSPS) is 15.8. The smallest absolute Gasteiger partial charge is 0.318 e. The Balaban J connectivity index is 1.52. The fraction of sp³-hybridized carbons (Fsp3) is 0.432. The summed E-state index contributed by atoms with van der Waals surface area (Å²) >= 11 is 0. The number of nitrogens with one attached hydrogen (secondary N) is 3. The van der Waals surface area contributed by atoms with Crippen molar-refractivity contribution in [1.82, 2.24) is 20.9 Å². The molecule has 246 valence electrons. The van der Waals surface area contributed by atoms with Crippen LogP contribution in [0.4, 0.5) is 4.79 Å². The first-order chi connectivity index (χ1) is 22.1. The number of rotatable bonds is 15. The quantitative estimate of drug-likeness (QED) is 0.200. The van der Waals surface area contributed by atoms with Crippen molar-refractivity contribution in [2.75, 3.05) is 19.7 Å². The standard InChI is InChI=1S/C37H48N4O5/c1-25(2)34(41-20-12-19-38-37(41)45)36(44)39-30(21-28-15-7-5-8-16-28)23-32(42)31(22-29-17-9-6-10-18-29)40-33(43)24-46-35-26(3)13-11-14-27(35)4/h5-11,13-18,25,30-32,34,42H,12,19-24H2,1-4H3,(H,38,45)(H,39,44)(H,40,43)/t30-,31-,32+,34-/m1/s1. The maximum atomic E-state index is 13.8. The van der Waals surface area contributed by atoms with Gasteiger partial charge in [0.05, 0.1) is 12.1 Å². The number of urea groups is 1. The van der Waals surface area contributed by atoms with Gasteiger partial charge in [0.2, 0.25) is 5.91 Å². The Kier molecular flexibility index (Phi) is 12.6. The van der Waals surface area contributed by atoms with Gasteiger partial charge in [0.15, 0.2) is 6.61 Å². The number of aliphatic hydroxyl groups excluding tert-OH is 1. The third-order valence-electron chi connectivity index (χ3n) is 8.41. The van der Waals surface area contributed by atoms with Crippen molar-refractivity contribution in [1.29, 1.82) is 0 Å². The maximum absolute atomic E-state index is 13.8. The van der Waals surface area contributed by atoms with Crippen molar-refractivity contribution < 1.29 is 24.2 Å². The summed E-state index contributed by atoms with van der Waals surface area (Å²) in [4.78, 5) is 41.3. The number of aliphatic hydroxyl groups is 1. The molecule has 1 heterocycles. The lowest BCUT2D eigenvalue weighted by Gasteiger charge is -2.37. The highest BCUT2D eigenvalue weighted by Crippen LogP contribution is 2.22. The first-order valence-electron chi connectivity index (χ1n) is 16.2. The molecule has 0 aliphatic carbocycles. The molecule has 0 bridgehead atoms. The second kappa shape index (κ2) is 16.8. The molecule has 3 aromatic carbocycles. The minimum absolute atomic E-state index is 0.117. The minimum atomic E-state index is -0.992. The van der Waals surface area contributed by atoms with E-state index in [4.69, 9.17) is 4.74 Å². The second-order valence-corrected chi connectivity index (χ2v) is 12.5. The van der Waals surface area contributed by atoms with Gasteiger partial charge in [-0.2, -0.15) is 0 Å². The van der Waals surface area contributed by atoms with E-state index < -0.39 is 24.2 Å². The highest BCUT2D eigenvalue weighted by Gasteiger charge is 2.35. The Morgan fingerprint density at radius 1 is 0.891 bits per heavy atom. The Bertz CT molecular complexity index is 1410. The van der Waals surface area contributed by atoms with Crippen molar-refractivity contribution in [3.05, 3.63) is 101 Å². The van der Waals surface area contributed by atoms with Crippen LogP contribution in [0.2, 0.25) is 0 Å². The molecule has 0 saturated carbocycles. The summed E-state index contributed by atoms with van der Waals surface area (Å²) in [7, 11) is 0. The predicted octanol–water partition coefficient (Wildman–Crippen LogP) is 4.33. The fourth-order valence-corrected chi connectivity index (χ4v) is 6.12. The van der Waals surface area contributed by atoms with E-state index in [1.807, 2.05) is 107 Å². The molecule has 0 aromatic heterocycles.